The van der Waals surface area contributed by atoms with Crippen molar-refractivity contribution in [3.8, 4) is 11.6 Å². The van der Waals surface area contributed by atoms with Crippen LogP contribution in [-0.2, 0) is 6.54 Å². The van der Waals surface area contributed by atoms with E-state index in [0.717, 1.165) is 4.47 Å². The van der Waals surface area contributed by atoms with Crippen molar-refractivity contribution in [1.82, 2.24) is 20.3 Å². The summed E-state index contributed by atoms with van der Waals surface area (Å²) >= 11 is 3.28. The maximum Gasteiger partial charge on any atom is 0.277 e. The number of hydrogen-bond donors (Lipinski definition) is 2. The largest absolute Gasteiger partial charge is 0.332 e. The second-order valence-electron chi connectivity index (χ2n) is 2.31. The quantitative estimate of drug-likeness (QED) is 0.810. The van der Waals surface area contributed by atoms with E-state index in [4.69, 9.17) is 10.3 Å². The molecule has 6 nitrogen and oxygen atoms in total. The van der Waals surface area contributed by atoms with E-state index in [9.17, 15) is 0 Å². The van der Waals surface area contributed by atoms with E-state index in [1.807, 2.05) is 0 Å². The minimum Gasteiger partial charge on any atom is -0.332 e. The standard InChI is InChI=1S/C6H6BrN5O/c7-3-2-9-11-5(3)6-10-4(1-8)12-13-6/h2H,1,8H2,(H,9,11). The van der Waals surface area contributed by atoms with Crippen LogP contribution >= 0.6 is 15.9 Å². The van der Waals surface area contributed by atoms with Gasteiger partial charge in [0.05, 0.1) is 17.2 Å². The SMILES string of the molecule is NCc1noc(-c2[nH]ncc2Br)n1. The summed E-state index contributed by atoms with van der Waals surface area (Å²) in [7, 11) is 0. The van der Waals surface area contributed by atoms with Crippen LogP contribution in [0, 0.1) is 0 Å². The van der Waals surface area contributed by atoms with Crippen molar-refractivity contribution in [1.29, 1.82) is 0 Å². The number of rotatable bonds is 2. The van der Waals surface area contributed by atoms with Crippen molar-refractivity contribution in [3.63, 3.8) is 0 Å². The van der Waals surface area contributed by atoms with E-state index in [0.29, 0.717) is 17.4 Å². The molecule has 0 amide bonds. The van der Waals surface area contributed by atoms with Crippen molar-refractivity contribution in [2.75, 3.05) is 0 Å². The highest BCUT2D eigenvalue weighted by Crippen LogP contribution is 2.23. The van der Waals surface area contributed by atoms with Crippen molar-refractivity contribution < 1.29 is 4.52 Å². The Bertz CT molecular complexity index is 409. The van der Waals surface area contributed by atoms with Gasteiger partial charge < -0.3 is 10.3 Å². The van der Waals surface area contributed by atoms with Crippen LogP contribution in [0.1, 0.15) is 5.82 Å². The van der Waals surface area contributed by atoms with Crippen molar-refractivity contribution in [2.45, 2.75) is 6.54 Å². The summed E-state index contributed by atoms with van der Waals surface area (Å²) in [5, 5.41) is 10.2. The molecule has 3 N–H and O–H groups in total. The molecule has 2 rings (SSSR count). The summed E-state index contributed by atoms with van der Waals surface area (Å²) < 4.78 is 5.72. The van der Waals surface area contributed by atoms with E-state index in [1.54, 1.807) is 6.20 Å². The molecule has 0 aromatic carbocycles. The fourth-order valence-electron chi connectivity index (χ4n) is 0.860. The van der Waals surface area contributed by atoms with Crippen LogP contribution in [0.2, 0.25) is 0 Å². The Labute approximate surface area is 81.6 Å². The molecule has 13 heavy (non-hydrogen) atoms. The van der Waals surface area contributed by atoms with Gasteiger partial charge in [-0.05, 0) is 15.9 Å². The first-order valence-electron chi connectivity index (χ1n) is 3.53. The number of hydrogen-bond acceptors (Lipinski definition) is 5. The van der Waals surface area contributed by atoms with E-state index in [-0.39, 0.29) is 6.54 Å². The predicted octanol–water partition coefficient (Wildman–Crippen LogP) is 0.681. The summed E-state index contributed by atoms with van der Waals surface area (Å²) in [6.07, 6.45) is 1.61. The maximum atomic E-state index is 5.33. The number of aromatic amines is 1. The minimum atomic E-state index is 0.259. The van der Waals surface area contributed by atoms with Gasteiger partial charge in [-0.1, -0.05) is 5.16 Å². The lowest BCUT2D eigenvalue weighted by atomic mass is 10.4. The van der Waals surface area contributed by atoms with E-state index in [2.05, 4.69) is 36.3 Å². The lowest BCUT2D eigenvalue weighted by Gasteiger charge is -1.86. The number of nitrogens with two attached hydrogens (primary N) is 1. The molecule has 0 atom stereocenters. The first-order valence-corrected chi connectivity index (χ1v) is 4.32. The van der Waals surface area contributed by atoms with Gasteiger partial charge >= 0.3 is 0 Å². The summed E-state index contributed by atoms with van der Waals surface area (Å²) in [5.41, 5.74) is 5.99. The van der Waals surface area contributed by atoms with Gasteiger partial charge in [-0.2, -0.15) is 10.1 Å². The Hall–Kier alpha value is -1.21. The first-order chi connectivity index (χ1) is 6.31. The minimum absolute atomic E-state index is 0.259. The molecular formula is C6H6BrN5O. The smallest absolute Gasteiger partial charge is 0.277 e. The van der Waals surface area contributed by atoms with Crippen LogP contribution in [0.25, 0.3) is 11.6 Å². The Morgan fingerprint density at radius 2 is 2.46 bits per heavy atom. The summed E-state index contributed by atoms with van der Waals surface area (Å²) in [4.78, 5) is 4.03. The third-order valence-electron chi connectivity index (χ3n) is 1.46. The molecule has 2 aromatic rings. The average Bonchev–Trinajstić information content (AvgIpc) is 2.71. The number of halogens is 1. The van der Waals surface area contributed by atoms with Crippen molar-refractivity contribution in [2.24, 2.45) is 5.73 Å². The summed E-state index contributed by atoms with van der Waals surface area (Å²) in [5.74, 6) is 0.848. The summed E-state index contributed by atoms with van der Waals surface area (Å²) in [6, 6.07) is 0. The fourth-order valence-corrected chi connectivity index (χ4v) is 1.22. The number of aromatic nitrogens is 4. The van der Waals surface area contributed by atoms with Gasteiger partial charge in [0.15, 0.2) is 5.82 Å². The molecule has 0 spiro atoms. The molecule has 0 aliphatic heterocycles. The molecule has 0 aliphatic rings. The van der Waals surface area contributed by atoms with Gasteiger partial charge in [0.1, 0.15) is 5.69 Å². The zero-order valence-electron chi connectivity index (χ0n) is 6.49. The van der Waals surface area contributed by atoms with Crippen LogP contribution in [-0.4, -0.2) is 20.3 Å². The molecule has 7 heteroatoms. The molecule has 0 aliphatic carbocycles. The molecule has 0 bridgehead atoms. The molecule has 0 fully saturated rings. The van der Waals surface area contributed by atoms with Gasteiger partial charge in [0, 0.05) is 0 Å². The second-order valence-corrected chi connectivity index (χ2v) is 3.17. The van der Waals surface area contributed by atoms with Crippen LogP contribution in [0.5, 0.6) is 0 Å². The monoisotopic (exact) mass is 243 g/mol. The highest BCUT2D eigenvalue weighted by Gasteiger charge is 2.12. The van der Waals surface area contributed by atoms with Gasteiger partial charge in [-0.15, -0.1) is 0 Å². The number of nitrogens with zero attached hydrogens (tertiary/aromatic N) is 3. The van der Waals surface area contributed by atoms with Gasteiger partial charge in [0.2, 0.25) is 0 Å². The molecular weight excluding hydrogens is 238 g/mol. The lowest BCUT2D eigenvalue weighted by Crippen LogP contribution is -1.97. The van der Waals surface area contributed by atoms with E-state index >= 15 is 0 Å². The van der Waals surface area contributed by atoms with Crippen molar-refractivity contribution in [3.05, 3.63) is 16.5 Å². The molecule has 68 valence electrons. The highest BCUT2D eigenvalue weighted by atomic mass is 79.9. The van der Waals surface area contributed by atoms with Crippen LogP contribution in [0.3, 0.4) is 0 Å². The van der Waals surface area contributed by atoms with Crippen LogP contribution in [0.15, 0.2) is 15.2 Å². The number of nitrogens with one attached hydrogen (secondary N) is 1. The van der Waals surface area contributed by atoms with Crippen molar-refractivity contribution >= 4 is 15.9 Å². The summed E-state index contributed by atoms with van der Waals surface area (Å²) in [6.45, 7) is 0.259. The zero-order chi connectivity index (χ0) is 9.26. The highest BCUT2D eigenvalue weighted by molar-refractivity contribution is 9.10. The molecule has 0 saturated carbocycles. The molecule has 2 heterocycles. The first kappa shape index (κ1) is 8.39. The lowest BCUT2D eigenvalue weighted by molar-refractivity contribution is 0.421. The zero-order valence-corrected chi connectivity index (χ0v) is 8.08. The second kappa shape index (κ2) is 3.27. The van der Waals surface area contributed by atoms with E-state index < -0.39 is 0 Å². The third-order valence-corrected chi connectivity index (χ3v) is 2.06. The molecule has 2 aromatic heterocycles. The maximum absolute atomic E-state index is 5.33. The Morgan fingerprint density at radius 1 is 1.62 bits per heavy atom. The van der Waals surface area contributed by atoms with Gasteiger partial charge in [0.25, 0.3) is 5.89 Å². The topological polar surface area (TPSA) is 93.6 Å². The van der Waals surface area contributed by atoms with Gasteiger partial charge in [-0.3, -0.25) is 5.10 Å². The Kier molecular flexibility index (Phi) is 2.11. The Balaban J connectivity index is 2.41. The molecule has 0 saturated heterocycles. The van der Waals surface area contributed by atoms with Crippen LogP contribution in [0.4, 0.5) is 0 Å². The molecule has 0 unspecified atom stereocenters. The predicted molar refractivity (Wildman–Crippen MR) is 47.5 cm³/mol. The van der Waals surface area contributed by atoms with Crippen LogP contribution < -0.4 is 5.73 Å². The average molecular weight is 244 g/mol. The number of H-pyrrole nitrogens is 1. The third kappa shape index (κ3) is 1.47. The van der Waals surface area contributed by atoms with Gasteiger partial charge in [-0.25, -0.2) is 0 Å². The van der Waals surface area contributed by atoms with E-state index in [1.165, 1.54) is 0 Å². The fraction of sp³-hybridized carbons (Fsp3) is 0.167. The normalized spacial score (nSPS) is 10.6. The molecule has 0 radical (unpaired) electrons. The Morgan fingerprint density at radius 3 is 3.00 bits per heavy atom.